The topological polar surface area (TPSA) is 95.2 Å². The van der Waals surface area contributed by atoms with Gasteiger partial charge in [-0.25, -0.2) is 0 Å². The maximum Gasteiger partial charge on any atom is 0.211 e. The lowest BCUT2D eigenvalue weighted by Gasteiger charge is -2.11. The number of halogens is 1. The van der Waals surface area contributed by atoms with Crippen molar-refractivity contribution in [2.24, 2.45) is 21.7 Å². The van der Waals surface area contributed by atoms with Crippen molar-refractivity contribution in [3.05, 3.63) is 22.2 Å². The van der Waals surface area contributed by atoms with Crippen LogP contribution in [0.2, 0.25) is 0 Å². The Bertz CT molecular complexity index is 470. The van der Waals surface area contributed by atoms with Crippen molar-refractivity contribution in [3.8, 4) is 11.5 Å². The molecule has 0 heterocycles. The Kier molecular flexibility index (Phi) is 5.44. The first-order valence-corrected chi connectivity index (χ1v) is 6.00. The standard InChI is InChI=1S/C11H15BrN4O2/c1-3-18-9-5-7(6-15-16-11(13)14)4-8(12)10(9)17-2/h4-6H,3H2,1-2H3,(H4,13,14,16). The summed E-state index contributed by atoms with van der Waals surface area (Å²) in [6.07, 6.45) is 1.52. The minimum absolute atomic E-state index is 0.0936. The van der Waals surface area contributed by atoms with Gasteiger partial charge < -0.3 is 20.9 Å². The molecule has 0 aliphatic carbocycles. The third-order valence-electron chi connectivity index (χ3n) is 1.92. The first kappa shape index (κ1) is 14.3. The van der Waals surface area contributed by atoms with Crippen molar-refractivity contribution in [3.63, 3.8) is 0 Å². The molecule has 0 aliphatic heterocycles. The average molecular weight is 315 g/mol. The second-order valence-electron chi connectivity index (χ2n) is 3.24. The zero-order valence-corrected chi connectivity index (χ0v) is 11.8. The monoisotopic (exact) mass is 314 g/mol. The van der Waals surface area contributed by atoms with E-state index in [0.29, 0.717) is 18.1 Å². The summed E-state index contributed by atoms with van der Waals surface area (Å²) in [6.45, 7) is 2.44. The van der Waals surface area contributed by atoms with E-state index in [-0.39, 0.29) is 5.96 Å². The van der Waals surface area contributed by atoms with Gasteiger partial charge in [0.2, 0.25) is 5.96 Å². The number of nitrogens with two attached hydrogens (primary N) is 2. The number of rotatable bonds is 5. The maximum absolute atomic E-state index is 5.47. The van der Waals surface area contributed by atoms with Gasteiger partial charge in [0.05, 0.1) is 24.4 Å². The Labute approximate surface area is 114 Å². The Morgan fingerprint density at radius 3 is 2.72 bits per heavy atom. The summed E-state index contributed by atoms with van der Waals surface area (Å²) in [5, 5.41) is 7.26. The van der Waals surface area contributed by atoms with Crippen molar-refractivity contribution in [2.75, 3.05) is 13.7 Å². The van der Waals surface area contributed by atoms with Crippen molar-refractivity contribution in [1.82, 2.24) is 0 Å². The second-order valence-corrected chi connectivity index (χ2v) is 4.09. The fraction of sp³-hybridized carbons (Fsp3) is 0.273. The molecule has 7 heteroatoms. The molecule has 0 unspecified atom stereocenters. The molecule has 1 aromatic carbocycles. The van der Waals surface area contributed by atoms with Crippen LogP contribution >= 0.6 is 15.9 Å². The van der Waals surface area contributed by atoms with Gasteiger partial charge in [0.15, 0.2) is 11.5 Å². The minimum atomic E-state index is -0.0936. The van der Waals surface area contributed by atoms with Gasteiger partial charge in [-0.3, -0.25) is 0 Å². The van der Waals surface area contributed by atoms with Crippen molar-refractivity contribution < 1.29 is 9.47 Å². The van der Waals surface area contributed by atoms with E-state index < -0.39 is 0 Å². The summed E-state index contributed by atoms with van der Waals surface area (Å²) in [5.74, 6) is 1.17. The average Bonchev–Trinajstić information content (AvgIpc) is 2.28. The van der Waals surface area contributed by atoms with Crippen LogP contribution < -0.4 is 20.9 Å². The van der Waals surface area contributed by atoms with Crippen LogP contribution in [0.4, 0.5) is 0 Å². The van der Waals surface area contributed by atoms with E-state index in [1.54, 1.807) is 13.2 Å². The Balaban J connectivity index is 3.08. The lowest BCUT2D eigenvalue weighted by molar-refractivity contribution is 0.310. The largest absolute Gasteiger partial charge is 0.492 e. The number of guanidine groups is 1. The van der Waals surface area contributed by atoms with Gasteiger partial charge in [-0.15, -0.1) is 5.10 Å². The molecule has 0 bridgehead atoms. The van der Waals surface area contributed by atoms with Crippen LogP contribution in [0, 0.1) is 0 Å². The predicted molar refractivity (Wildman–Crippen MR) is 75.3 cm³/mol. The van der Waals surface area contributed by atoms with E-state index >= 15 is 0 Å². The maximum atomic E-state index is 5.47. The SMILES string of the molecule is CCOc1cc(C=NN=C(N)N)cc(Br)c1OC. The van der Waals surface area contributed by atoms with E-state index in [1.807, 2.05) is 13.0 Å². The fourth-order valence-electron chi connectivity index (χ4n) is 1.29. The van der Waals surface area contributed by atoms with Crippen LogP contribution in [0.15, 0.2) is 26.8 Å². The minimum Gasteiger partial charge on any atom is -0.492 e. The molecule has 98 valence electrons. The molecule has 18 heavy (non-hydrogen) atoms. The molecule has 1 aromatic rings. The van der Waals surface area contributed by atoms with Crippen molar-refractivity contribution in [1.29, 1.82) is 0 Å². The van der Waals surface area contributed by atoms with Gasteiger partial charge in [-0.1, -0.05) is 0 Å². The number of methoxy groups -OCH3 is 1. The normalized spacial score (nSPS) is 10.4. The molecule has 0 fully saturated rings. The highest BCUT2D eigenvalue weighted by Gasteiger charge is 2.10. The van der Waals surface area contributed by atoms with Crippen LogP contribution in [0.1, 0.15) is 12.5 Å². The zero-order valence-electron chi connectivity index (χ0n) is 10.2. The number of hydrogen-bond acceptors (Lipinski definition) is 4. The van der Waals surface area contributed by atoms with E-state index in [9.17, 15) is 0 Å². The Hall–Kier alpha value is -1.76. The molecule has 6 nitrogen and oxygen atoms in total. The predicted octanol–water partition coefficient (Wildman–Crippen LogP) is 1.46. The van der Waals surface area contributed by atoms with Gasteiger partial charge in [0, 0.05) is 0 Å². The van der Waals surface area contributed by atoms with Gasteiger partial charge in [0.25, 0.3) is 0 Å². The quantitative estimate of drug-likeness (QED) is 0.488. The van der Waals surface area contributed by atoms with Gasteiger partial charge in [-0.05, 0) is 40.5 Å². The molecule has 0 aliphatic rings. The van der Waals surface area contributed by atoms with E-state index in [0.717, 1.165) is 10.0 Å². The summed E-state index contributed by atoms with van der Waals surface area (Å²) in [5.41, 5.74) is 11.1. The van der Waals surface area contributed by atoms with E-state index in [2.05, 4.69) is 26.1 Å². The van der Waals surface area contributed by atoms with Crippen LogP contribution in [0.3, 0.4) is 0 Å². The summed E-state index contributed by atoms with van der Waals surface area (Å²) < 4.78 is 11.5. The van der Waals surface area contributed by atoms with Gasteiger partial charge >= 0.3 is 0 Å². The van der Waals surface area contributed by atoms with Crippen LogP contribution in [0.25, 0.3) is 0 Å². The fourth-order valence-corrected chi connectivity index (χ4v) is 1.91. The highest BCUT2D eigenvalue weighted by molar-refractivity contribution is 9.10. The molecule has 0 spiro atoms. The third-order valence-corrected chi connectivity index (χ3v) is 2.50. The summed E-state index contributed by atoms with van der Waals surface area (Å²) in [4.78, 5) is 0. The van der Waals surface area contributed by atoms with Crippen LogP contribution in [0.5, 0.6) is 11.5 Å². The lowest BCUT2D eigenvalue weighted by Crippen LogP contribution is -2.21. The first-order chi connectivity index (χ1) is 8.58. The molecule has 0 radical (unpaired) electrons. The summed E-state index contributed by atoms with van der Waals surface area (Å²) in [6, 6.07) is 3.62. The number of nitrogens with zero attached hydrogens (tertiary/aromatic N) is 2. The zero-order chi connectivity index (χ0) is 13.5. The van der Waals surface area contributed by atoms with E-state index in [1.165, 1.54) is 6.21 Å². The number of ether oxygens (including phenoxy) is 2. The van der Waals surface area contributed by atoms with Crippen LogP contribution in [-0.4, -0.2) is 25.9 Å². The lowest BCUT2D eigenvalue weighted by atomic mass is 10.2. The molecule has 1 rings (SSSR count). The molecule has 4 N–H and O–H groups in total. The molecule has 0 saturated carbocycles. The molecular formula is C11H15BrN4O2. The van der Waals surface area contributed by atoms with Crippen molar-refractivity contribution >= 4 is 28.1 Å². The molecule has 0 saturated heterocycles. The molecule has 0 aromatic heterocycles. The molecule has 0 atom stereocenters. The number of hydrogen-bond donors (Lipinski definition) is 2. The van der Waals surface area contributed by atoms with Gasteiger partial charge in [0.1, 0.15) is 0 Å². The molecule has 0 amide bonds. The second kappa shape index (κ2) is 6.85. The van der Waals surface area contributed by atoms with Crippen molar-refractivity contribution in [2.45, 2.75) is 6.92 Å². The Morgan fingerprint density at radius 1 is 1.44 bits per heavy atom. The molecular weight excluding hydrogens is 300 g/mol. The first-order valence-electron chi connectivity index (χ1n) is 5.20. The third kappa shape index (κ3) is 3.92. The van der Waals surface area contributed by atoms with Crippen LogP contribution in [-0.2, 0) is 0 Å². The highest BCUT2D eigenvalue weighted by Crippen LogP contribution is 2.36. The summed E-state index contributed by atoms with van der Waals surface area (Å²) >= 11 is 3.40. The van der Waals surface area contributed by atoms with E-state index in [4.69, 9.17) is 20.9 Å². The highest BCUT2D eigenvalue weighted by atomic mass is 79.9. The number of benzene rings is 1. The summed E-state index contributed by atoms with van der Waals surface area (Å²) in [7, 11) is 1.58. The Morgan fingerprint density at radius 2 is 2.17 bits per heavy atom. The smallest absolute Gasteiger partial charge is 0.211 e. The van der Waals surface area contributed by atoms with Gasteiger partial charge in [-0.2, -0.15) is 5.10 Å².